The van der Waals surface area contributed by atoms with Crippen LogP contribution in [-0.4, -0.2) is 14.2 Å². The summed E-state index contributed by atoms with van der Waals surface area (Å²) in [5, 5.41) is 11.0. The number of hydrogen-bond donors (Lipinski definition) is 0. The number of ether oxygens (including phenoxy) is 2. The van der Waals surface area contributed by atoms with E-state index in [4.69, 9.17) is 14.7 Å². The second kappa shape index (κ2) is 6.41. The molecular formula is C20H17NO2. The van der Waals surface area contributed by atoms with E-state index >= 15 is 0 Å². The van der Waals surface area contributed by atoms with Crippen LogP contribution < -0.4 is 9.47 Å². The highest BCUT2D eigenvalue weighted by Crippen LogP contribution is 2.37. The van der Waals surface area contributed by atoms with Gasteiger partial charge < -0.3 is 9.47 Å². The molecule has 0 aliphatic carbocycles. The average Bonchev–Trinajstić information content (AvgIpc) is 2.61. The number of methoxy groups -OCH3 is 2. The summed E-state index contributed by atoms with van der Waals surface area (Å²) in [6, 6.07) is 19.8. The maximum Gasteiger partial charge on any atom is 0.130 e. The van der Waals surface area contributed by atoms with Gasteiger partial charge in [-0.3, -0.25) is 0 Å². The zero-order valence-electron chi connectivity index (χ0n) is 13.2. The Balaban J connectivity index is 2.10. The normalized spacial score (nSPS) is 10.3. The van der Waals surface area contributed by atoms with Crippen molar-refractivity contribution in [1.29, 1.82) is 5.26 Å². The lowest BCUT2D eigenvalue weighted by atomic mass is 9.98. The minimum absolute atomic E-state index is 0.664. The first kappa shape index (κ1) is 14.9. The number of nitriles is 1. The van der Waals surface area contributed by atoms with Gasteiger partial charge in [-0.05, 0) is 23.8 Å². The van der Waals surface area contributed by atoms with E-state index in [1.807, 2.05) is 54.6 Å². The van der Waals surface area contributed by atoms with Gasteiger partial charge in [0.1, 0.15) is 11.5 Å². The van der Waals surface area contributed by atoms with Crippen molar-refractivity contribution in [3.63, 3.8) is 0 Å². The Hall–Kier alpha value is -2.99. The molecule has 0 fully saturated rings. The molecule has 0 radical (unpaired) electrons. The van der Waals surface area contributed by atoms with Crippen molar-refractivity contribution in [3.05, 3.63) is 71.3 Å². The van der Waals surface area contributed by atoms with Gasteiger partial charge in [0, 0.05) is 22.8 Å². The lowest BCUT2D eigenvalue weighted by Crippen LogP contribution is -1.97. The van der Waals surface area contributed by atoms with Crippen LogP contribution in [-0.2, 0) is 6.42 Å². The van der Waals surface area contributed by atoms with Crippen LogP contribution >= 0.6 is 0 Å². The summed E-state index contributed by atoms with van der Waals surface area (Å²) in [5.74, 6) is 1.70. The highest BCUT2D eigenvalue weighted by Gasteiger charge is 2.13. The van der Waals surface area contributed by atoms with E-state index in [9.17, 15) is 0 Å². The molecule has 3 heteroatoms. The van der Waals surface area contributed by atoms with Crippen LogP contribution in [0.15, 0.2) is 54.6 Å². The SMILES string of the molecule is COc1cc(Cc2ccc(C#N)cc2)c(OC)c2ccccc12. The van der Waals surface area contributed by atoms with Gasteiger partial charge in [0.05, 0.1) is 25.9 Å². The molecular weight excluding hydrogens is 286 g/mol. The highest BCUT2D eigenvalue weighted by molar-refractivity contribution is 5.94. The smallest absolute Gasteiger partial charge is 0.130 e. The molecule has 0 aromatic heterocycles. The van der Waals surface area contributed by atoms with Gasteiger partial charge >= 0.3 is 0 Å². The summed E-state index contributed by atoms with van der Waals surface area (Å²) in [6.07, 6.45) is 0.718. The van der Waals surface area contributed by atoms with E-state index in [2.05, 4.69) is 6.07 Å². The lowest BCUT2D eigenvalue weighted by Gasteiger charge is -2.15. The molecule has 0 saturated heterocycles. The molecule has 0 aliphatic heterocycles. The molecule has 3 nitrogen and oxygen atoms in total. The van der Waals surface area contributed by atoms with Gasteiger partial charge in [-0.25, -0.2) is 0 Å². The van der Waals surface area contributed by atoms with Gasteiger partial charge in [0.2, 0.25) is 0 Å². The van der Waals surface area contributed by atoms with E-state index < -0.39 is 0 Å². The third-order valence-electron chi connectivity index (χ3n) is 3.94. The summed E-state index contributed by atoms with van der Waals surface area (Å²) in [5.41, 5.74) is 2.85. The average molecular weight is 303 g/mol. The molecule has 23 heavy (non-hydrogen) atoms. The second-order valence-electron chi connectivity index (χ2n) is 5.30. The summed E-state index contributed by atoms with van der Waals surface area (Å²) >= 11 is 0. The molecule has 114 valence electrons. The monoisotopic (exact) mass is 303 g/mol. The summed E-state index contributed by atoms with van der Waals surface area (Å²) in [4.78, 5) is 0. The van der Waals surface area contributed by atoms with Crippen molar-refractivity contribution in [3.8, 4) is 17.6 Å². The third-order valence-corrected chi connectivity index (χ3v) is 3.94. The second-order valence-corrected chi connectivity index (χ2v) is 5.30. The van der Waals surface area contributed by atoms with Gasteiger partial charge in [-0.1, -0.05) is 36.4 Å². The maximum atomic E-state index is 8.90. The van der Waals surface area contributed by atoms with Gasteiger partial charge in [0.15, 0.2) is 0 Å². The van der Waals surface area contributed by atoms with Crippen LogP contribution in [0.1, 0.15) is 16.7 Å². The van der Waals surface area contributed by atoms with Crippen LogP contribution in [0.25, 0.3) is 10.8 Å². The molecule has 0 N–H and O–H groups in total. The first-order valence-electron chi connectivity index (χ1n) is 7.38. The van der Waals surface area contributed by atoms with Crippen LogP contribution in [0, 0.1) is 11.3 Å². The van der Waals surface area contributed by atoms with E-state index in [1.54, 1.807) is 14.2 Å². The predicted octanol–water partition coefficient (Wildman–Crippen LogP) is 4.32. The fraction of sp³-hybridized carbons (Fsp3) is 0.150. The van der Waals surface area contributed by atoms with Crippen LogP contribution in [0.4, 0.5) is 0 Å². The van der Waals surface area contributed by atoms with Gasteiger partial charge in [-0.15, -0.1) is 0 Å². The topological polar surface area (TPSA) is 42.2 Å². The first-order chi connectivity index (χ1) is 11.3. The van der Waals surface area contributed by atoms with E-state index in [1.165, 1.54) is 0 Å². The number of rotatable bonds is 4. The number of fused-ring (bicyclic) bond motifs is 1. The Morgan fingerprint density at radius 1 is 0.913 bits per heavy atom. The molecule has 0 spiro atoms. The molecule has 3 aromatic carbocycles. The quantitative estimate of drug-likeness (QED) is 0.721. The van der Waals surface area contributed by atoms with E-state index in [0.29, 0.717) is 5.56 Å². The fourth-order valence-corrected chi connectivity index (χ4v) is 2.83. The maximum absolute atomic E-state index is 8.90. The highest BCUT2D eigenvalue weighted by atomic mass is 16.5. The lowest BCUT2D eigenvalue weighted by molar-refractivity contribution is 0.407. The van der Waals surface area contributed by atoms with Crippen molar-refractivity contribution in [2.45, 2.75) is 6.42 Å². The Morgan fingerprint density at radius 3 is 2.22 bits per heavy atom. The molecule has 0 saturated carbocycles. The van der Waals surface area contributed by atoms with E-state index in [0.717, 1.165) is 39.8 Å². The predicted molar refractivity (Wildman–Crippen MR) is 91.0 cm³/mol. The Kier molecular flexibility index (Phi) is 4.16. The minimum Gasteiger partial charge on any atom is -0.496 e. The Bertz CT molecular complexity index is 877. The Morgan fingerprint density at radius 2 is 1.61 bits per heavy atom. The fourth-order valence-electron chi connectivity index (χ4n) is 2.83. The van der Waals surface area contributed by atoms with Crippen molar-refractivity contribution < 1.29 is 9.47 Å². The molecule has 0 amide bonds. The number of benzene rings is 3. The summed E-state index contributed by atoms with van der Waals surface area (Å²) in [6.45, 7) is 0. The van der Waals surface area contributed by atoms with Crippen LogP contribution in [0.2, 0.25) is 0 Å². The molecule has 0 bridgehead atoms. The van der Waals surface area contributed by atoms with Crippen LogP contribution in [0.5, 0.6) is 11.5 Å². The van der Waals surface area contributed by atoms with E-state index in [-0.39, 0.29) is 0 Å². The molecule has 3 rings (SSSR count). The minimum atomic E-state index is 0.664. The largest absolute Gasteiger partial charge is 0.496 e. The van der Waals surface area contributed by atoms with Gasteiger partial charge in [0.25, 0.3) is 0 Å². The Labute approximate surface area is 135 Å². The summed E-state index contributed by atoms with van der Waals surface area (Å²) < 4.78 is 11.2. The van der Waals surface area contributed by atoms with Crippen LogP contribution in [0.3, 0.4) is 0 Å². The van der Waals surface area contributed by atoms with Crippen molar-refractivity contribution >= 4 is 10.8 Å². The first-order valence-corrected chi connectivity index (χ1v) is 7.38. The summed E-state index contributed by atoms with van der Waals surface area (Å²) in [7, 11) is 3.37. The molecule has 3 aromatic rings. The molecule has 0 heterocycles. The number of nitrogens with zero attached hydrogens (tertiary/aromatic N) is 1. The standard InChI is InChI=1S/C20H17NO2/c1-22-19-12-16(11-14-7-9-15(13-21)10-8-14)20(23-2)18-6-4-3-5-17(18)19/h3-10,12H,11H2,1-2H3. The molecule has 0 aliphatic rings. The van der Waals surface area contributed by atoms with Crippen molar-refractivity contribution in [2.24, 2.45) is 0 Å². The van der Waals surface area contributed by atoms with Gasteiger partial charge in [-0.2, -0.15) is 5.26 Å². The third kappa shape index (κ3) is 2.84. The molecule has 0 atom stereocenters. The van der Waals surface area contributed by atoms with Crippen molar-refractivity contribution in [1.82, 2.24) is 0 Å². The molecule has 0 unspecified atom stereocenters. The zero-order valence-corrected chi connectivity index (χ0v) is 13.2. The zero-order chi connectivity index (χ0) is 16.2. The number of hydrogen-bond acceptors (Lipinski definition) is 3. The van der Waals surface area contributed by atoms with Crippen molar-refractivity contribution in [2.75, 3.05) is 14.2 Å².